The highest BCUT2D eigenvalue weighted by atomic mass is 16.5. The van der Waals surface area contributed by atoms with Gasteiger partial charge in [-0.1, -0.05) is 48.5 Å². The van der Waals surface area contributed by atoms with Gasteiger partial charge in [-0.15, -0.1) is 0 Å². The summed E-state index contributed by atoms with van der Waals surface area (Å²) in [6.07, 6.45) is 0.273. The third kappa shape index (κ3) is 4.73. The number of esters is 1. The Bertz CT molecular complexity index is 1050. The molecule has 28 heavy (non-hydrogen) atoms. The van der Waals surface area contributed by atoms with Crippen molar-refractivity contribution in [2.24, 2.45) is 5.73 Å². The minimum Gasteiger partial charge on any atom is -0.427 e. The van der Waals surface area contributed by atoms with E-state index >= 15 is 0 Å². The average molecular weight is 376 g/mol. The molecular weight excluding hydrogens is 356 g/mol. The molecule has 3 rings (SSSR count). The van der Waals surface area contributed by atoms with Crippen LogP contribution in [0, 0.1) is 0 Å². The zero-order valence-corrected chi connectivity index (χ0v) is 15.3. The van der Waals surface area contributed by atoms with Crippen molar-refractivity contribution >= 4 is 28.6 Å². The fourth-order valence-electron chi connectivity index (χ4n) is 2.93. The third-order valence-corrected chi connectivity index (χ3v) is 4.26. The summed E-state index contributed by atoms with van der Waals surface area (Å²) in [6.45, 7) is 1.28. The predicted octanol–water partition coefficient (Wildman–Crippen LogP) is 2.59. The number of ether oxygens (including phenoxy) is 1. The number of carbonyl (C=O) groups excluding carboxylic acids is 3. The predicted molar refractivity (Wildman–Crippen MR) is 106 cm³/mol. The summed E-state index contributed by atoms with van der Waals surface area (Å²) in [5.74, 6) is -1.33. The maximum absolute atomic E-state index is 12.5. The van der Waals surface area contributed by atoms with Crippen molar-refractivity contribution < 1.29 is 19.1 Å². The normalized spacial score (nSPS) is 11.6. The molecule has 0 saturated carbocycles. The van der Waals surface area contributed by atoms with Crippen LogP contribution in [0.3, 0.4) is 0 Å². The SMILES string of the molecule is CC(=O)Oc1cccc(C(=O)N[C@@H](Cc2ccc3ccccc3c2)C(N)=O)c1. The highest BCUT2D eigenvalue weighted by Crippen LogP contribution is 2.17. The van der Waals surface area contributed by atoms with Gasteiger partial charge < -0.3 is 15.8 Å². The third-order valence-electron chi connectivity index (χ3n) is 4.26. The molecule has 2 amide bonds. The number of primary amides is 1. The van der Waals surface area contributed by atoms with E-state index in [-0.39, 0.29) is 17.7 Å². The van der Waals surface area contributed by atoms with E-state index in [4.69, 9.17) is 10.5 Å². The van der Waals surface area contributed by atoms with Gasteiger partial charge in [0.05, 0.1) is 0 Å². The summed E-state index contributed by atoms with van der Waals surface area (Å²) >= 11 is 0. The quantitative estimate of drug-likeness (QED) is 0.510. The molecule has 0 bridgehead atoms. The first-order valence-corrected chi connectivity index (χ1v) is 8.79. The molecular formula is C22H20N2O4. The summed E-state index contributed by atoms with van der Waals surface area (Å²) in [7, 11) is 0. The molecule has 142 valence electrons. The molecule has 0 fully saturated rings. The first-order valence-electron chi connectivity index (χ1n) is 8.79. The summed E-state index contributed by atoms with van der Waals surface area (Å²) in [6, 6.07) is 19.0. The van der Waals surface area contributed by atoms with Crippen LogP contribution in [-0.4, -0.2) is 23.8 Å². The van der Waals surface area contributed by atoms with Gasteiger partial charge in [0.25, 0.3) is 5.91 Å². The van der Waals surface area contributed by atoms with Crippen LogP contribution in [0.15, 0.2) is 66.7 Å². The largest absolute Gasteiger partial charge is 0.427 e. The Morgan fingerprint density at radius 3 is 2.43 bits per heavy atom. The minimum atomic E-state index is -0.869. The molecule has 1 atom stereocenters. The number of nitrogens with one attached hydrogen (secondary N) is 1. The van der Waals surface area contributed by atoms with Gasteiger partial charge in [0.1, 0.15) is 11.8 Å². The number of nitrogens with two attached hydrogens (primary N) is 1. The van der Waals surface area contributed by atoms with Gasteiger partial charge in [-0.3, -0.25) is 14.4 Å². The standard InChI is InChI=1S/C22H20N2O4/c1-14(25)28-19-8-4-7-18(13-19)22(27)24-20(21(23)26)12-15-9-10-16-5-2-3-6-17(16)11-15/h2-11,13,20H,12H2,1H3,(H2,23,26)(H,24,27)/t20-/m0/s1. The van der Waals surface area contributed by atoms with Crippen LogP contribution in [0.5, 0.6) is 5.75 Å². The van der Waals surface area contributed by atoms with Crippen molar-refractivity contribution in [1.29, 1.82) is 0 Å². The molecule has 0 unspecified atom stereocenters. The topological polar surface area (TPSA) is 98.5 Å². The highest BCUT2D eigenvalue weighted by molar-refractivity contribution is 5.97. The van der Waals surface area contributed by atoms with Crippen LogP contribution in [0.1, 0.15) is 22.8 Å². The van der Waals surface area contributed by atoms with Crippen molar-refractivity contribution in [3.05, 3.63) is 77.9 Å². The monoisotopic (exact) mass is 376 g/mol. The lowest BCUT2D eigenvalue weighted by Crippen LogP contribution is -2.45. The average Bonchev–Trinajstić information content (AvgIpc) is 2.67. The number of hydrogen-bond donors (Lipinski definition) is 2. The van der Waals surface area contributed by atoms with Gasteiger partial charge in [0, 0.05) is 18.9 Å². The Morgan fingerprint density at radius 2 is 1.71 bits per heavy atom. The number of hydrogen-bond acceptors (Lipinski definition) is 4. The Balaban J connectivity index is 1.76. The van der Waals surface area contributed by atoms with Crippen molar-refractivity contribution in [3.8, 4) is 5.75 Å². The summed E-state index contributed by atoms with van der Waals surface area (Å²) in [4.78, 5) is 35.5. The molecule has 3 N–H and O–H groups in total. The molecule has 3 aromatic carbocycles. The molecule has 0 aliphatic heterocycles. The Morgan fingerprint density at radius 1 is 0.964 bits per heavy atom. The molecule has 0 aliphatic rings. The van der Waals surface area contributed by atoms with E-state index in [2.05, 4.69) is 5.32 Å². The van der Waals surface area contributed by atoms with Crippen LogP contribution in [0.2, 0.25) is 0 Å². The number of amides is 2. The number of carbonyl (C=O) groups is 3. The second-order valence-corrected chi connectivity index (χ2v) is 6.44. The Kier molecular flexibility index (Phi) is 5.69. The molecule has 0 heterocycles. The van der Waals surface area contributed by atoms with Gasteiger partial charge in [-0.2, -0.15) is 0 Å². The van der Waals surface area contributed by atoms with Crippen LogP contribution in [-0.2, 0) is 16.0 Å². The van der Waals surface area contributed by atoms with Gasteiger partial charge in [0.15, 0.2) is 0 Å². The molecule has 0 aliphatic carbocycles. The number of fused-ring (bicyclic) bond motifs is 1. The van der Waals surface area contributed by atoms with Crippen LogP contribution in [0.25, 0.3) is 10.8 Å². The summed E-state index contributed by atoms with van der Waals surface area (Å²) < 4.78 is 4.98. The van der Waals surface area contributed by atoms with Gasteiger partial charge >= 0.3 is 5.97 Å². The Hall–Kier alpha value is -3.67. The molecule has 0 aromatic heterocycles. The van der Waals surface area contributed by atoms with E-state index in [0.29, 0.717) is 0 Å². The van der Waals surface area contributed by atoms with Gasteiger partial charge in [-0.05, 0) is 34.5 Å². The van der Waals surface area contributed by atoms with Gasteiger partial charge in [0.2, 0.25) is 5.91 Å². The lowest BCUT2D eigenvalue weighted by atomic mass is 10.0. The molecule has 6 nitrogen and oxygen atoms in total. The highest BCUT2D eigenvalue weighted by Gasteiger charge is 2.20. The van der Waals surface area contributed by atoms with E-state index in [1.807, 2.05) is 42.5 Å². The van der Waals surface area contributed by atoms with Crippen LogP contribution in [0.4, 0.5) is 0 Å². The maximum atomic E-state index is 12.5. The number of rotatable bonds is 6. The minimum absolute atomic E-state index is 0.255. The van der Waals surface area contributed by atoms with E-state index < -0.39 is 23.8 Å². The molecule has 0 saturated heterocycles. The fraction of sp³-hybridized carbons (Fsp3) is 0.136. The first-order chi connectivity index (χ1) is 13.4. The Labute approximate surface area is 162 Å². The smallest absolute Gasteiger partial charge is 0.308 e. The van der Waals surface area contributed by atoms with E-state index in [1.165, 1.54) is 13.0 Å². The molecule has 3 aromatic rings. The lowest BCUT2D eigenvalue weighted by Gasteiger charge is -2.16. The van der Waals surface area contributed by atoms with Crippen molar-refractivity contribution in [2.75, 3.05) is 0 Å². The molecule has 6 heteroatoms. The summed E-state index contributed by atoms with van der Waals surface area (Å²) in [5, 5.41) is 4.79. The number of benzene rings is 3. The van der Waals surface area contributed by atoms with Crippen molar-refractivity contribution in [2.45, 2.75) is 19.4 Å². The molecule has 0 radical (unpaired) electrons. The maximum Gasteiger partial charge on any atom is 0.308 e. The second kappa shape index (κ2) is 8.35. The van der Waals surface area contributed by atoms with Crippen LogP contribution < -0.4 is 15.8 Å². The first kappa shape index (κ1) is 19.1. The van der Waals surface area contributed by atoms with E-state index in [1.54, 1.807) is 18.2 Å². The zero-order chi connectivity index (χ0) is 20.1. The summed E-state index contributed by atoms with van der Waals surface area (Å²) in [5.41, 5.74) is 6.65. The van der Waals surface area contributed by atoms with Crippen molar-refractivity contribution in [3.63, 3.8) is 0 Å². The fourth-order valence-corrected chi connectivity index (χ4v) is 2.93. The van der Waals surface area contributed by atoms with Crippen LogP contribution >= 0.6 is 0 Å². The van der Waals surface area contributed by atoms with Crippen molar-refractivity contribution in [1.82, 2.24) is 5.32 Å². The molecule has 0 spiro atoms. The van der Waals surface area contributed by atoms with E-state index in [0.717, 1.165) is 16.3 Å². The lowest BCUT2D eigenvalue weighted by molar-refractivity contribution is -0.131. The zero-order valence-electron chi connectivity index (χ0n) is 15.3. The van der Waals surface area contributed by atoms with E-state index in [9.17, 15) is 14.4 Å². The second-order valence-electron chi connectivity index (χ2n) is 6.44. The van der Waals surface area contributed by atoms with Gasteiger partial charge in [-0.25, -0.2) is 0 Å².